The lowest BCUT2D eigenvalue weighted by molar-refractivity contribution is 0.1000. The number of phenols is 1. The lowest BCUT2D eigenvalue weighted by atomic mass is 9.97. The lowest BCUT2D eigenvalue weighted by Crippen LogP contribution is -2.17. The fourth-order valence-corrected chi connectivity index (χ4v) is 3.37. The van der Waals surface area contributed by atoms with E-state index >= 15 is 0 Å². The van der Waals surface area contributed by atoms with Crippen LogP contribution < -0.4 is 5.73 Å². The van der Waals surface area contributed by atoms with Gasteiger partial charge in [-0.2, -0.15) is 0 Å². The van der Waals surface area contributed by atoms with E-state index in [2.05, 4.69) is 32.3 Å². The molecule has 1 unspecified atom stereocenters. The van der Waals surface area contributed by atoms with Crippen LogP contribution in [-0.2, 0) is 6.42 Å². The Morgan fingerprint density at radius 3 is 2.46 bits per heavy atom. The molecule has 1 amide bonds. The second-order valence-electron chi connectivity index (χ2n) is 6.80. The van der Waals surface area contributed by atoms with Crippen molar-refractivity contribution >= 4 is 5.91 Å². The first-order chi connectivity index (χ1) is 11.3. The zero-order valence-corrected chi connectivity index (χ0v) is 15.3. The van der Waals surface area contributed by atoms with Gasteiger partial charge in [-0.1, -0.05) is 39.3 Å². The molecule has 0 saturated carbocycles. The fourth-order valence-electron chi connectivity index (χ4n) is 3.37. The van der Waals surface area contributed by atoms with Gasteiger partial charge in [0.2, 0.25) is 0 Å². The SMILES string of the molecule is CCCc1c(-c2cccc(O)c2)c(C(N)=O)c(C)n1C(C)C(C)C. The summed E-state index contributed by atoms with van der Waals surface area (Å²) >= 11 is 0. The minimum atomic E-state index is -0.419. The summed E-state index contributed by atoms with van der Waals surface area (Å²) in [6.07, 6.45) is 1.83. The van der Waals surface area contributed by atoms with Crippen LogP contribution in [0.3, 0.4) is 0 Å². The third-order valence-electron chi connectivity index (χ3n) is 4.79. The van der Waals surface area contributed by atoms with Crippen LogP contribution in [0.5, 0.6) is 5.75 Å². The Morgan fingerprint density at radius 1 is 1.29 bits per heavy atom. The van der Waals surface area contributed by atoms with Gasteiger partial charge in [-0.25, -0.2) is 0 Å². The second kappa shape index (κ2) is 7.12. The fraction of sp³-hybridized carbons (Fsp3) is 0.450. The van der Waals surface area contributed by atoms with Gasteiger partial charge in [0.05, 0.1) is 5.56 Å². The standard InChI is InChI=1S/C20H28N2O2/c1-6-8-17-19(15-9-7-10-16(23)11-15)18(20(21)24)14(5)22(17)13(4)12(2)3/h7,9-13,23H,6,8H2,1-5H3,(H2,21,24). The first kappa shape index (κ1) is 18.1. The van der Waals surface area contributed by atoms with Crippen LogP contribution in [0, 0.1) is 12.8 Å². The number of rotatable bonds is 6. The molecule has 1 heterocycles. The first-order valence-corrected chi connectivity index (χ1v) is 8.62. The van der Waals surface area contributed by atoms with E-state index in [1.54, 1.807) is 18.2 Å². The summed E-state index contributed by atoms with van der Waals surface area (Å²) in [6.45, 7) is 10.6. The molecule has 24 heavy (non-hydrogen) atoms. The molecule has 4 heteroatoms. The summed E-state index contributed by atoms with van der Waals surface area (Å²) in [5.74, 6) is 0.204. The topological polar surface area (TPSA) is 68.2 Å². The number of aromatic nitrogens is 1. The number of nitrogens with two attached hydrogens (primary N) is 1. The number of carbonyl (C=O) groups is 1. The normalized spacial score (nSPS) is 12.6. The number of hydrogen-bond donors (Lipinski definition) is 2. The minimum Gasteiger partial charge on any atom is -0.508 e. The average Bonchev–Trinajstić information content (AvgIpc) is 2.79. The quantitative estimate of drug-likeness (QED) is 0.823. The molecule has 0 radical (unpaired) electrons. The van der Waals surface area contributed by atoms with Crippen LogP contribution >= 0.6 is 0 Å². The first-order valence-electron chi connectivity index (χ1n) is 8.62. The van der Waals surface area contributed by atoms with Gasteiger partial charge in [-0.05, 0) is 43.9 Å². The maximum Gasteiger partial charge on any atom is 0.251 e. The van der Waals surface area contributed by atoms with Gasteiger partial charge >= 0.3 is 0 Å². The Morgan fingerprint density at radius 2 is 1.96 bits per heavy atom. The van der Waals surface area contributed by atoms with E-state index in [4.69, 9.17) is 5.73 Å². The molecule has 1 atom stereocenters. The van der Waals surface area contributed by atoms with Crippen LogP contribution in [0.15, 0.2) is 24.3 Å². The lowest BCUT2D eigenvalue weighted by Gasteiger charge is -2.23. The molecule has 2 aromatic rings. The predicted molar refractivity (Wildman–Crippen MR) is 98.3 cm³/mol. The van der Waals surface area contributed by atoms with E-state index in [0.717, 1.165) is 35.4 Å². The molecule has 3 N–H and O–H groups in total. The van der Waals surface area contributed by atoms with E-state index in [0.29, 0.717) is 11.5 Å². The zero-order chi connectivity index (χ0) is 18.0. The second-order valence-corrected chi connectivity index (χ2v) is 6.80. The van der Waals surface area contributed by atoms with Crippen LogP contribution in [0.4, 0.5) is 0 Å². The summed E-state index contributed by atoms with van der Waals surface area (Å²) < 4.78 is 2.26. The summed E-state index contributed by atoms with van der Waals surface area (Å²) in [5, 5.41) is 9.88. The van der Waals surface area contributed by atoms with E-state index in [1.807, 2.05) is 13.0 Å². The van der Waals surface area contributed by atoms with Crippen molar-refractivity contribution < 1.29 is 9.90 Å². The molecule has 0 aliphatic carbocycles. The van der Waals surface area contributed by atoms with Crippen LogP contribution in [0.2, 0.25) is 0 Å². The number of nitrogens with zero attached hydrogens (tertiary/aromatic N) is 1. The van der Waals surface area contributed by atoms with Crippen LogP contribution in [0.25, 0.3) is 11.1 Å². The molecular formula is C20H28N2O2. The van der Waals surface area contributed by atoms with Crippen molar-refractivity contribution in [1.29, 1.82) is 0 Å². The monoisotopic (exact) mass is 328 g/mol. The maximum atomic E-state index is 12.2. The highest BCUT2D eigenvalue weighted by Gasteiger charge is 2.27. The van der Waals surface area contributed by atoms with Gasteiger partial charge in [0.1, 0.15) is 5.75 Å². The minimum absolute atomic E-state index is 0.188. The Balaban J connectivity index is 2.85. The van der Waals surface area contributed by atoms with Gasteiger partial charge in [0.25, 0.3) is 5.91 Å². The molecule has 0 aliphatic heterocycles. The van der Waals surface area contributed by atoms with Gasteiger partial charge in [0.15, 0.2) is 0 Å². The van der Waals surface area contributed by atoms with E-state index in [-0.39, 0.29) is 11.8 Å². The third-order valence-corrected chi connectivity index (χ3v) is 4.79. The van der Waals surface area contributed by atoms with Crippen LogP contribution in [-0.4, -0.2) is 15.6 Å². The highest BCUT2D eigenvalue weighted by atomic mass is 16.3. The van der Waals surface area contributed by atoms with Crippen molar-refractivity contribution in [1.82, 2.24) is 4.57 Å². The molecule has 2 rings (SSSR count). The van der Waals surface area contributed by atoms with Crippen molar-refractivity contribution in [3.05, 3.63) is 41.2 Å². The number of hydrogen-bond acceptors (Lipinski definition) is 2. The Kier molecular flexibility index (Phi) is 5.37. The molecule has 0 bridgehead atoms. The highest BCUT2D eigenvalue weighted by Crippen LogP contribution is 2.38. The van der Waals surface area contributed by atoms with E-state index < -0.39 is 5.91 Å². The molecule has 0 saturated heterocycles. The molecule has 1 aromatic heterocycles. The van der Waals surface area contributed by atoms with Gasteiger partial charge in [-0.3, -0.25) is 4.79 Å². The summed E-state index contributed by atoms with van der Waals surface area (Å²) in [6, 6.07) is 7.31. The molecular weight excluding hydrogens is 300 g/mol. The highest BCUT2D eigenvalue weighted by molar-refractivity contribution is 6.02. The summed E-state index contributed by atoms with van der Waals surface area (Å²) in [5.41, 5.74) is 10.0. The smallest absolute Gasteiger partial charge is 0.251 e. The summed E-state index contributed by atoms with van der Waals surface area (Å²) in [4.78, 5) is 12.2. The van der Waals surface area contributed by atoms with Gasteiger partial charge in [0, 0.05) is 23.0 Å². The predicted octanol–water partition coefficient (Wildman–Crippen LogP) is 4.44. The van der Waals surface area contributed by atoms with Crippen molar-refractivity contribution in [3.8, 4) is 16.9 Å². The van der Waals surface area contributed by atoms with Crippen molar-refractivity contribution in [3.63, 3.8) is 0 Å². The number of amides is 1. The Hall–Kier alpha value is -2.23. The van der Waals surface area contributed by atoms with Crippen molar-refractivity contribution in [2.45, 2.75) is 53.5 Å². The van der Waals surface area contributed by atoms with Gasteiger partial charge in [-0.15, -0.1) is 0 Å². The molecule has 0 spiro atoms. The molecule has 0 aliphatic rings. The van der Waals surface area contributed by atoms with Crippen molar-refractivity contribution in [2.24, 2.45) is 11.7 Å². The number of phenolic OH excluding ortho intramolecular Hbond substituents is 1. The average molecular weight is 328 g/mol. The Bertz CT molecular complexity index is 744. The van der Waals surface area contributed by atoms with Crippen LogP contribution in [0.1, 0.15) is 61.9 Å². The Labute approximate surface area is 144 Å². The molecule has 4 nitrogen and oxygen atoms in total. The van der Waals surface area contributed by atoms with E-state index in [9.17, 15) is 9.90 Å². The van der Waals surface area contributed by atoms with Crippen molar-refractivity contribution in [2.75, 3.05) is 0 Å². The van der Waals surface area contributed by atoms with Gasteiger partial charge < -0.3 is 15.4 Å². The number of primary amides is 1. The summed E-state index contributed by atoms with van der Waals surface area (Å²) in [7, 11) is 0. The maximum absolute atomic E-state index is 12.2. The number of benzene rings is 1. The molecule has 0 fully saturated rings. The third kappa shape index (κ3) is 3.18. The zero-order valence-electron chi connectivity index (χ0n) is 15.3. The number of carbonyl (C=O) groups excluding carboxylic acids is 1. The molecule has 130 valence electrons. The number of aromatic hydroxyl groups is 1. The molecule has 1 aromatic carbocycles. The largest absolute Gasteiger partial charge is 0.508 e. The van der Waals surface area contributed by atoms with E-state index in [1.165, 1.54) is 0 Å².